The highest BCUT2D eigenvalue weighted by atomic mass is 35.5. The maximum absolute atomic E-state index is 12.5. The number of nitrogens with zero attached hydrogens (tertiary/aromatic N) is 4. The minimum atomic E-state index is -0.121. The SMILES string of the molecule is O=c1c2cc(Cl)ccc2ncn1Cc1cn2ccccc2n1. The summed E-state index contributed by atoms with van der Waals surface area (Å²) in [5.41, 5.74) is 2.17. The van der Waals surface area contributed by atoms with E-state index in [1.165, 1.54) is 0 Å². The summed E-state index contributed by atoms with van der Waals surface area (Å²) in [6.45, 7) is 0.371. The number of aromatic nitrogens is 4. The molecule has 3 heterocycles. The van der Waals surface area contributed by atoms with Crippen LogP contribution in [-0.2, 0) is 6.54 Å². The van der Waals surface area contributed by atoms with Gasteiger partial charge in [0.2, 0.25) is 0 Å². The van der Waals surface area contributed by atoms with Gasteiger partial charge in [0.05, 0.1) is 29.5 Å². The minimum Gasteiger partial charge on any atom is -0.307 e. The fourth-order valence-corrected chi connectivity index (χ4v) is 2.65. The molecule has 0 aliphatic heterocycles. The van der Waals surface area contributed by atoms with E-state index >= 15 is 0 Å². The molecular formula is C16H11ClN4O. The second-order valence-corrected chi connectivity index (χ2v) is 5.47. The number of imidazole rings is 1. The van der Waals surface area contributed by atoms with Gasteiger partial charge in [-0.1, -0.05) is 17.7 Å². The zero-order valence-corrected chi connectivity index (χ0v) is 12.2. The van der Waals surface area contributed by atoms with E-state index in [4.69, 9.17) is 11.6 Å². The van der Waals surface area contributed by atoms with Crippen molar-refractivity contribution >= 4 is 28.2 Å². The maximum atomic E-state index is 12.5. The Bertz CT molecular complexity index is 1020. The molecule has 5 nitrogen and oxygen atoms in total. The zero-order valence-electron chi connectivity index (χ0n) is 11.5. The topological polar surface area (TPSA) is 52.2 Å². The highest BCUT2D eigenvalue weighted by molar-refractivity contribution is 6.31. The van der Waals surface area contributed by atoms with Crippen molar-refractivity contribution in [2.75, 3.05) is 0 Å². The molecule has 0 amide bonds. The first kappa shape index (κ1) is 13.0. The van der Waals surface area contributed by atoms with Crippen molar-refractivity contribution in [3.05, 3.63) is 76.2 Å². The Morgan fingerprint density at radius 1 is 1.18 bits per heavy atom. The predicted octanol–water partition coefficient (Wildman–Crippen LogP) is 2.75. The molecule has 0 saturated heterocycles. The summed E-state index contributed by atoms with van der Waals surface area (Å²) >= 11 is 5.97. The highest BCUT2D eigenvalue weighted by Gasteiger charge is 2.07. The summed E-state index contributed by atoms with van der Waals surface area (Å²) in [6.07, 6.45) is 5.37. The lowest BCUT2D eigenvalue weighted by molar-refractivity contribution is 0.734. The van der Waals surface area contributed by atoms with Crippen LogP contribution >= 0.6 is 11.6 Å². The maximum Gasteiger partial charge on any atom is 0.261 e. The van der Waals surface area contributed by atoms with Crippen LogP contribution in [0, 0.1) is 0 Å². The van der Waals surface area contributed by atoms with E-state index in [2.05, 4.69) is 9.97 Å². The Kier molecular flexibility index (Phi) is 2.94. The van der Waals surface area contributed by atoms with Gasteiger partial charge in [-0.05, 0) is 30.3 Å². The number of fused-ring (bicyclic) bond motifs is 2. The van der Waals surface area contributed by atoms with Gasteiger partial charge in [0.25, 0.3) is 5.56 Å². The average molecular weight is 311 g/mol. The highest BCUT2D eigenvalue weighted by Crippen LogP contribution is 2.14. The Labute approximate surface area is 130 Å². The van der Waals surface area contributed by atoms with E-state index < -0.39 is 0 Å². The summed E-state index contributed by atoms with van der Waals surface area (Å²) in [6, 6.07) is 10.9. The fraction of sp³-hybridized carbons (Fsp3) is 0.0625. The normalized spacial score (nSPS) is 11.3. The molecule has 4 rings (SSSR count). The van der Waals surface area contributed by atoms with Gasteiger partial charge in [0.1, 0.15) is 5.65 Å². The number of pyridine rings is 1. The van der Waals surface area contributed by atoms with Crippen molar-refractivity contribution in [3.8, 4) is 0 Å². The summed E-state index contributed by atoms with van der Waals surface area (Å²) < 4.78 is 3.46. The third-order valence-corrected chi connectivity index (χ3v) is 3.77. The van der Waals surface area contributed by atoms with Crippen LogP contribution < -0.4 is 5.56 Å². The molecular weight excluding hydrogens is 300 g/mol. The molecule has 0 spiro atoms. The fourth-order valence-electron chi connectivity index (χ4n) is 2.48. The van der Waals surface area contributed by atoms with E-state index in [-0.39, 0.29) is 5.56 Å². The molecule has 0 fully saturated rings. The van der Waals surface area contributed by atoms with Crippen LogP contribution in [0.5, 0.6) is 0 Å². The van der Waals surface area contributed by atoms with Crippen molar-refractivity contribution in [3.63, 3.8) is 0 Å². The minimum absolute atomic E-state index is 0.121. The standard InChI is InChI=1S/C16H11ClN4O/c17-11-4-5-14-13(7-11)16(22)21(10-18-14)9-12-8-20-6-2-1-3-15(20)19-12/h1-8,10H,9H2. The molecule has 0 aliphatic carbocycles. The molecule has 0 radical (unpaired) electrons. The van der Waals surface area contributed by atoms with Crippen molar-refractivity contribution < 1.29 is 0 Å². The van der Waals surface area contributed by atoms with Crippen molar-refractivity contribution in [2.45, 2.75) is 6.54 Å². The van der Waals surface area contributed by atoms with Crippen LogP contribution in [0.4, 0.5) is 0 Å². The van der Waals surface area contributed by atoms with Gasteiger partial charge in [-0.2, -0.15) is 0 Å². The number of rotatable bonds is 2. The van der Waals surface area contributed by atoms with Gasteiger partial charge in [0.15, 0.2) is 0 Å². The van der Waals surface area contributed by atoms with Gasteiger partial charge in [-0.3, -0.25) is 9.36 Å². The van der Waals surface area contributed by atoms with E-state index in [1.54, 1.807) is 29.1 Å². The van der Waals surface area contributed by atoms with Crippen LogP contribution in [-0.4, -0.2) is 18.9 Å². The largest absolute Gasteiger partial charge is 0.307 e. The summed E-state index contributed by atoms with van der Waals surface area (Å²) in [5, 5.41) is 1.04. The number of benzene rings is 1. The van der Waals surface area contributed by atoms with E-state index in [0.717, 1.165) is 11.3 Å². The van der Waals surface area contributed by atoms with E-state index in [0.29, 0.717) is 22.5 Å². The Morgan fingerprint density at radius 2 is 2.09 bits per heavy atom. The van der Waals surface area contributed by atoms with E-state index in [1.807, 2.05) is 35.0 Å². The third-order valence-electron chi connectivity index (χ3n) is 3.53. The first-order valence-corrected chi connectivity index (χ1v) is 7.16. The lowest BCUT2D eigenvalue weighted by atomic mass is 10.2. The number of halogens is 1. The van der Waals surface area contributed by atoms with Crippen LogP contribution in [0.2, 0.25) is 5.02 Å². The quantitative estimate of drug-likeness (QED) is 0.572. The predicted molar refractivity (Wildman–Crippen MR) is 85.3 cm³/mol. The molecule has 4 aromatic rings. The summed E-state index contributed by atoms with van der Waals surface area (Å²) in [4.78, 5) is 21.3. The first-order chi connectivity index (χ1) is 10.7. The molecule has 1 aromatic carbocycles. The molecule has 22 heavy (non-hydrogen) atoms. The van der Waals surface area contributed by atoms with Crippen LogP contribution in [0.1, 0.15) is 5.69 Å². The number of hydrogen-bond donors (Lipinski definition) is 0. The third kappa shape index (κ3) is 2.16. The van der Waals surface area contributed by atoms with Gasteiger partial charge < -0.3 is 4.40 Å². The molecule has 0 saturated carbocycles. The lowest BCUT2D eigenvalue weighted by Gasteiger charge is -2.04. The summed E-state index contributed by atoms with van der Waals surface area (Å²) in [7, 11) is 0. The van der Waals surface area contributed by atoms with Crippen molar-refractivity contribution in [2.24, 2.45) is 0 Å². The van der Waals surface area contributed by atoms with Crippen LogP contribution in [0.3, 0.4) is 0 Å². The molecule has 108 valence electrons. The molecule has 0 atom stereocenters. The average Bonchev–Trinajstić information content (AvgIpc) is 2.93. The molecule has 3 aromatic heterocycles. The molecule has 0 bridgehead atoms. The Balaban J connectivity index is 1.80. The van der Waals surface area contributed by atoms with Crippen LogP contribution in [0.25, 0.3) is 16.6 Å². The molecule has 0 N–H and O–H groups in total. The van der Waals surface area contributed by atoms with Crippen LogP contribution in [0.15, 0.2) is 59.9 Å². The Morgan fingerprint density at radius 3 is 2.95 bits per heavy atom. The summed E-state index contributed by atoms with van der Waals surface area (Å²) in [5.74, 6) is 0. The molecule has 6 heteroatoms. The van der Waals surface area contributed by atoms with E-state index in [9.17, 15) is 4.79 Å². The number of hydrogen-bond acceptors (Lipinski definition) is 3. The Hall–Kier alpha value is -2.66. The van der Waals surface area contributed by atoms with Gasteiger partial charge >= 0.3 is 0 Å². The molecule has 0 aliphatic rings. The van der Waals surface area contributed by atoms with Crippen molar-refractivity contribution in [1.82, 2.24) is 18.9 Å². The first-order valence-electron chi connectivity index (χ1n) is 6.78. The van der Waals surface area contributed by atoms with Gasteiger partial charge in [-0.15, -0.1) is 0 Å². The molecule has 0 unspecified atom stereocenters. The second kappa shape index (κ2) is 4.96. The van der Waals surface area contributed by atoms with Gasteiger partial charge in [-0.25, -0.2) is 9.97 Å². The monoisotopic (exact) mass is 310 g/mol. The lowest BCUT2D eigenvalue weighted by Crippen LogP contribution is -2.21. The smallest absolute Gasteiger partial charge is 0.261 e. The zero-order chi connectivity index (χ0) is 15.1. The second-order valence-electron chi connectivity index (χ2n) is 5.04. The van der Waals surface area contributed by atoms with Gasteiger partial charge in [0, 0.05) is 17.4 Å². The van der Waals surface area contributed by atoms with Crippen molar-refractivity contribution in [1.29, 1.82) is 0 Å².